The fourth-order valence-electron chi connectivity index (χ4n) is 1.60. The molecule has 0 aromatic heterocycles. The number of hydrogen-bond donors (Lipinski definition) is 1. The summed E-state index contributed by atoms with van der Waals surface area (Å²) in [4.78, 5) is 10.9. The molecule has 0 fully saturated rings. The van der Waals surface area contributed by atoms with E-state index in [0.717, 1.165) is 5.56 Å². The molecule has 1 rings (SSSR count). The van der Waals surface area contributed by atoms with Gasteiger partial charge in [0.15, 0.2) is 0 Å². The van der Waals surface area contributed by atoms with Gasteiger partial charge in [0.2, 0.25) is 10.0 Å². The van der Waals surface area contributed by atoms with Gasteiger partial charge in [-0.05, 0) is 37.1 Å². The lowest BCUT2D eigenvalue weighted by atomic mass is 10.2. The quantitative estimate of drug-likeness (QED) is 0.775. The van der Waals surface area contributed by atoms with E-state index in [4.69, 9.17) is 4.74 Å². The van der Waals surface area contributed by atoms with Gasteiger partial charge in [-0.25, -0.2) is 8.42 Å². The summed E-state index contributed by atoms with van der Waals surface area (Å²) in [7, 11) is -0.659. The van der Waals surface area contributed by atoms with Crippen LogP contribution in [0.3, 0.4) is 0 Å². The highest BCUT2D eigenvalue weighted by molar-refractivity contribution is 7.92. The molecule has 1 aromatic rings. The zero-order chi connectivity index (χ0) is 15.2. The van der Waals surface area contributed by atoms with Gasteiger partial charge in [0.05, 0.1) is 25.7 Å². The minimum absolute atomic E-state index is 0.0823. The van der Waals surface area contributed by atoms with Crippen LogP contribution in [0.4, 0.5) is 5.69 Å². The van der Waals surface area contributed by atoms with E-state index >= 15 is 0 Å². The van der Waals surface area contributed by atoms with E-state index in [1.54, 1.807) is 32.2 Å². The van der Waals surface area contributed by atoms with Crippen LogP contribution in [0.25, 0.3) is 0 Å². The van der Waals surface area contributed by atoms with E-state index < -0.39 is 16.0 Å². The van der Waals surface area contributed by atoms with Crippen molar-refractivity contribution in [3.8, 4) is 5.75 Å². The van der Waals surface area contributed by atoms with Gasteiger partial charge in [0.25, 0.3) is 0 Å². The first-order chi connectivity index (χ1) is 9.38. The SMILES string of the molecule is COC(=O)CCCS(=O)(=O)Nc1ccc(OC)cc1C. The lowest BCUT2D eigenvalue weighted by Gasteiger charge is -2.11. The Hall–Kier alpha value is -1.76. The van der Waals surface area contributed by atoms with Gasteiger partial charge in [-0.15, -0.1) is 0 Å². The van der Waals surface area contributed by atoms with E-state index in [-0.39, 0.29) is 18.6 Å². The number of carbonyl (C=O) groups excluding carboxylic acids is 1. The molecular formula is C13H19NO5S. The molecule has 0 aliphatic heterocycles. The number of benzene rings is 1. The summed E-state index contributed by atoms with van der Waals surface area (Å²) < 4.78 is 35.8. The van der Waals surface area contributed by atoms with Crippen molar-refractivity contribution in [1.29, 1.82) is 0 Å². The zero-order valence-electron chi connectivity index (χ0n) is 11.8. The highest BCUT2D eigenvalue weighted by atomic mass is 32.2. The Labute approximate surface area is 119 Å². The maximum atomic E-state index is 11.9. The van der Waals surface area contributed by atoms with Gasteiger partial charge >= 0.3 is 5.97 Å². The standard InChI is InChI=1S/C13H19NO5S/c1-10-9-11(18-2)6-7-12(10)14-20(16,17)8-4-5-13(15)19-3/h6-7,9,14H,4-5,8H2,1-3H3. The Bertz CT molecular complexity index is 568. The van der Waals surface area contributed by atoms with Crippen molar-refractivity contribution < 1.29 is 22.7 Å². The van der Waals surface area contributed by atoms with E-state index in [1.807, 2.05) is 0 Å². The predicted molar refractivity (Wildman–Crippen MR) is 76.4 cm³/mol. The van der Waals surface area contributed by atoms with Crippen molar-refractivity contribution in [2.75, 3.05) is 24.7 Å². The fraction of sp³-hybridized carbons (Fsp3) is 0.462. The number of aryl methyl sites for hydroxylation is 1. The number of sulfonamides is 1. The van der Waals surface area contributed by atoms with Gasteiger partial charge in [-0.1, -0.05) is 0 Å². The van der Waals surface area contributed by atoms with E-state index in [9.17, 15) is 13.2 Å². The second-order valence-electron chi connectivity index (χ2n) is 4.28. The second kappa shape index (κ2) is 7.14. The summed E-state index contributed by atoms with van der Waals surface area (Å²) in [5.41, 5.74) is 1.27. The molecular weight excluding hydrogens is 282 g/mol. The average Bonchev–Trinajstić information content (AvgIpc) is 2.40. The Morgan fingerprint density at radius 3 is 2.55 bits per heavy atom. The van der Waals surface area contributed by atoms with Crippen LogP contribution in [0.1, 0.15) is 18.4 Å². The lowest BCUT2D eigenvalue weighted by molar-refractivity contribution is -0.140. The summed E-state index contributed by atoms with van der Waals surface area (Å²) in [6.45, 7) is 1.79. The Morgan fingerprint density at radius 1 is 1.30 bits per heavy atom. The molecule has 1 N–H and O–H groups in total. The van der Waals surface area contributed by atoms with Crippen LogP contribution in [0.15, 0.2) is 18.2 Å². The summed E-state index contributed by atoms with van der Waals surface area (Å²) in [6, 6.07) is 5.07. The second-order valence-corrected chi connectivity index (χ2v) is 6.12. The monoisotopic (exact) mass is 301 g/mol. The molecule has 0 saturated carbocycles. The summed E-state index contributed by atoms with van der Waals surface area (Å²) in [6.07, 6.45) is 0.302. The molecule has 6 nitrogen and oxygen atoms in total. The Kier molecular flexibility index (Phi) is 5.82. The van der Waals surface area contributed by atoms with Crippen molar-refractivity contribution in [2.24, 2.45) is 0 Å². The van der Waals surface area contributed by atoms with Crippen LogP contribution in [-0.2, 0) is 19.6 Å². The molecule has 0 spiro atoms. The van der Waals surface area contributed by atoms with Gasteiger partial charge in [-0.2, -0.15) is 0 Å². The first kappa shape index (κ1) is 16.3. The highest BCUT2D eigenvalue weighted by Gasteiger charge is 2.13. The average molecular weight is 301 g/mol. The molecule has 1 aromatic carbocycles. The third-order valence-electron chi connectivity index (χ3n) is 2.72. The third kappa shape index (κ3) is 5.08. The van der Waals surface area contributed by atoms with Crippen molar-refractivity contribution in [3.05, 3.63) is 23.8 Å². The lowest BCUT2D eigenvalue weighted by Crippen LogP contribution is -2.18. The molecule has 0 atom stereocenters. The molecule has 0 aliphatic carbocycles. The Morgan fingerprint density at radius 2 is 2.00 bits per heavy atom. The Balaban J connectivity index is 2.64. The van der Waals surface area contributed by atoms with E-state index in [1.165, 1.54) is 7.11 Å². The summed E-state index contributed by atoms with van der Waals surface area (Å²) >= 11 is 0. The molecule has 0 amide bonds. The topological polar surface area (TPSA) is 81.7 Å². The van der Waals surface area contributed by atoms with Crippen LogP contribution >= 0.6 is 0 Å². The fourth-order valence-corrected chi connectivity index (χ4v) is 2.80. The van der Waals surface area contributed by atoms with Gasteiger partial charge in [-0.3, -0.25) is 9.52 Å². The van der Waals surface area contributed by atoms with Crippen LogP contribution in [-0.4, -0.2) is 34.4 Å². The van der Waals surface area contributed by atoms with Crippen molar-refractivity contribution in [1.82, 2.24) is 0 Å². The minimum Gasteiger partial charge on any atom is -0.497 e. The maximum absolute atomic E-state index is 11.9. The maximum Gasteiger partial charge on any atom is 0.305 e. The number of hydrogen-bond acceptors (Lipinski definition) is 5. The zero-order valence-corrected chi connectivity index (χ0v) is 12.6. The largest absolute Gasteiger partial charge is 0.497 e. The number of nitrogens with one attached hydrogen (secondary N) is 1. The summed E-state index contributed by atoms with van der Waals surface area (Å²) in [5.74, 6) is 0.116. The van der Waals surface area contributed by atoms with Crippen molar-refractivity contribution in [2.45, 2.75) is 19.8 Å². The molecule has 0 radical (unpaired) electrons. The first-order valence-electron chi connectivity index (χ1n) is 6.10. The van der Waals surface area contributed by atoms with Gasteiger partial charge < -0.3 is 9.47 Å². The summed E-state index contributed by atoms with van der Waals surface area (Å²) in [5, 5.41) is 0. The molecule has 0 aliphatic rings. The van der Waals surface area contributed by atoms with Crippen molar-refractivity contribution in [3.63, 3.8) is 0 Å². The van der Waals surface area contributed by atoms with Crippen LogP contribution in [0.2, 0.25) is 0 Å². The highest BCUT2D eigenvalue weighted by Crippen LogP contribution is 2.22. The third-order valence-corrected chi connectivity index (χ3v) is 4.08. The van der Waals surface area contributed by atoms with Crippen LogP contribution in [0.5, 0.6) is 5.75 Å². The van der Waals surface area contributed by atoms with E-state index in [2.05, 4.69) is 9.46 Å². The normalized spacial score (nSPS) is 10.9. The minimum atomic E-state index is -3.48. The van der Waals surface area contributed by atoms with Gasteiger partial charge in [0, 0.05) is 6.42 Å². The van der Waals surface area contributed by atoms with Crippen LogP contribution in [0, 0.1) is 6.92 Å². The van der Waals surface area contributed by atoms with Crippen molar-refractivity contribution >= 4 is 21.7 Å². The van der Waals surface area contributed by atoms with Gasteiger partial charge in [0.1, 0.15) is 5.75 Å². The number of carbonyl (C=O) groups is 1. The number of methoxy groups -OCH3 is 2. The molecule has 0 unspecified atom stereocenters. The predicted octanol–water partition coefficient (Wildman–Crippen LogP) is 1.70. The smallest absolute Gasteiger partial charge is 0.305 e. The molecule has 112 valence electrons. The molecule has 7 heteroatoms. The molecule has 0 saturated heterocycles. The number of rotatable bonds is 7. The molecule has 0 bridgehead atoms. The molecule has 20 heavy (non-hydrogen) atoms. The van der Waals surface area contributed by atoms with E-state index in [0.29, 0.717) is 11.4 Å². The van der Waals surface area contributed by atoms with Crippen LogP contribution < -0.4 is 9.46 Å². The first-order valence-corrected chi connectivity index (χ1v) is 7.75. The molecule has 0 heterocycles. The number of anilines is 1. The number of esters is 1. The number of ether oxygens (including phenoxy) is 2.